The van der Waals surface area contributed by atoms with Gasteiger partial charge in [0.05, 0.1) is 6.61 Å². The van der Waals surface area contributed by atoms with Gasteiger partial charge < -0.3 is 14.2 Å². The summed E-state index contributed by atoms with van der Waals surface area (Å²) in [5, 5.41) is 0. The number of hydrogen-bond donors (Lipinski definition) is 0. The summed E-state index contributed by atoms with van der Waals surface area (Å²) in [5.74, 6) is 0.587. The van der Waals surface area contributed by atoms with Crippen molar-refractivity contribution in [1.29, 1.82) is 0 Å². The van der Waals surface area contributed by atoms with Crippen LogP contribution < -0.4 is 0 Å². The molecule has 1 atom stereocenters. The van der Waals surface area contributed by atoms with Crippen LogP contribution in [-0.2, 0) is 4.74 Å². The number of ether oxygens (including phenoxy) is 1. The number of hydrogen-bond acceptors (Lipinski definition) is 2. The van der Waals surface area contributed by atoms with E-state index in [0.29, 0.717) is 5.92 Å². The van der Waals surface area contributed by atoms with Crippen LogP contribution in [0.15, 0.2) is 16.7 Å². The van der Waals surface area contributed by atoms with Crippen LogP contribution >= 0.6 is 15.9 Å². The predicted molar refractivity (Wildman–Crippen MR) is 83.0 cm³/mol. The standard InChI is InChI=1S/C15H23BrN2O2/c1-4-17(8-12-5-6-20-10-12)15(19)14-7-13(16)9-18(14)11(2)3/h7,9,11-12H,4-6,8,10H2,1-3H3. The Morgan fingerprint density at radius 2 is 2.35 bits per heavy atom. The van der Waals surface area contributed by atoms with E-state index >= 15 is 0 Å². The van der Waals surface area contributed by atoms with Gasteiger partial charge in [0.25, 0.3) is 5.91 Å². The molecule has 20 heavy (non-hydrogen) atoms. The van der Waals surface area contributed by atoms with Crippen molar-refractivity contribution >= 4 is 21.8 Å². The van der Waals surface area contributed by atoms with Crippen molar-refractivity contribution in [1.82, 2.24) is 9.47 Å². The maximum atomic E-state index is 12.7. The second-order valence-corrected chi connectivity index (χ2v) is 6.53. The minimum absolute atomic E-state index is 0.110. The lowest BCUT2D eigenvalue weighted by atomic mass is 10.1. The highest BCUT2D eigenvalue weighted by molar-refractivity contribution is 9.10. The fourth-order valence-corrected chi connectivity index (χ4v) is 3.04. The van der Waals surface area contributed by atoms with Crippen molar-refractivity contribution in [2.24, 2.45) is 5.92 Å². The van der Waals surface area contributed by atoms with Crippen molar-refractivity contribution < 1.29 is 9.53 Å². The molecule has 1 amide bonds. The highest BCUT2D eigenvalue weighted by Gasteiger charge is 2.24. The SMILES string of the molecule is CCN(CC1CCOC1)C(=O)c1cc(Br)cn1C(C)C. The van der Waals surface area contributed by atoms with E-state index in [0.717, 1.165) is 42.9 Å². The molecule has 112 valence electrons. The van der Waals surface area contributed by atoms with Gasteiger partial charge in [-0.2, -0.15) is 0 Å². The van der Waals surface area contributed by atoms with Gasteiger partial charge in [-0.1, -0.05) is 0 Å². The molecule has 0 aliphatic carbocycles. The first-order valence-electron chi connectivity index (χ1n) is 7.27. The maximum Gasteiger partial charge on any atom is 0.270 e. The lowest BCUT2D eigenvalue weighted by Crippen LogP contribution is -2.36. The molecule has 5 heteroatoms. The normalized spacial score (nSPS) is 18.8. The molecule has 0 N–H and O–H groups in total. The summed E-state index contributed by atoms with van der Waals surface area (Å²) in [5.41, 5.74) is 0.757. The number of nitrogens with zero attached hydrogens (tertiary/aromatic N) is 2. The summed E-state index contributed by atoms with van der Waals surface area (Å²) < 4.78 is 8.38. The first-order chi connectivity index (χ1) is 9.52. The Hall–Kier alpha value is -0.810. The molecule has 0 aromatic carbocycles. The Morgan fingerprint density at radius 3 is 2.90 bits per heavy atom. The molecule has 1 saturated heterocycles. The fraction of sp³-hybridized carbons (Fsp3) is 0.667. The average molecular weight is 343 g/mol. The van der Waals surface area contributed by atoms with Crippen LogP contribution in [0, 0.1) is 5.92 Å². The van der Waals surface area contributed by atoms with Gasteiger partial charge in [0.1, 0.15) is 5.69 Å². The Kier molecular flexibility index (Phi) is 5.27. The Bertz CT molecular complexity index is 464. The van der Waals surface area contributed by atoms with E-state index in [-0.39, 0.29) is 11.9 Å². The van der Waals surface area contributed by atoms with E-state index in [9.17, 15) is 4.79 Å². The predicted octanol–water partition coefficient (Wildman–Crippen LogP) is 3.33. The number of halogens is 1. The molecule has 2 heterocycles. The van der Waals surface area contributed by atoms with Crippen LogP contribution in [0.2, 0.25) is 0 Å². The lowest BCUT2D eigenvalue weighted by Gasteiger charge is -2.25. The molecule has 1 aliphatic heterocycles. The number of carbonyl (C=O) groups is 1. The summed E-state index contributed by atoms with van der Waals surface area (Å²) in [6, 6.07) is 2.18. The van der Waals surface area contributed by atoms with Gasteiger partial charge in [-0.15, -0.1) is 0 Å². The first-order valence-corrected chi connectivity index (χ1v) is 8.06. The lowest BCUT2D eigenvalue weighted by molar-refractivity contribution is 0.0718. The quantitative estimate of drug-likeness (QED) is 0.822. The molecule has 1 aromatic rings. The zero-order valence-corrected chi connectivity index (χ0v) is 14.0. The third kappa shape index (κ3) is 3.44. The van der Waals surface area contributed by atoms with E-state index in [4.69, 9.17) is 4.74 Å². The van der Waals surface area contributed by atoms with E-state index in [1.807, 2.05) is 28.7 Å². The molecule has 2 rings (SSSR count). The van der Waals surface area contributed by atoms with Crippen LogP contribution in [0.1, 0.15) is 43.7 Å². The monoisotopic (exact) mass is 342 g/mol. The van der Waals surface area contributed by atoms with Gasteiger partial charge in [0.2, 0.25) is 0 Å². The van der Waals surface area contributed by atoms with Gasteiger partial charge >= 0.3 is 0 Å². The third-order valence-electron chi connectivity index (χ3n) is 3.76. The van der Waals surface area contributed by atoms with Crippen molar-refractivity contribution in [2.75, 3.05) is 26.3 Å². The molecule has 1 aliphatic rings. The molecule has 4 nitrogen and oxygen atoms in total. The molecular formula is C15H23BrN2O2. The maximum absolute atomic E-state index is 12.7. The van der Waals surface area contributed by atoms with Crippen LogP contribution in [0.3, 0.4) is 0 Å². The summed E-state index contributed by atoms with van der Waals surface area (Å²) in [6.45, 7) is 9.33. The molecule has 0 bridgehead atoms. The van der Waals surface area contributed by atoms with Crippen LogP contribution in [0.5, 0.6) is 0 Å². The van der Waals surface area contributed by atoms with Crippen molar-refractivity contribution in [3.63, 3.8) is 0 Å². The zero-order chi connectivity index (χ0) is 14.7. The van der Waals surface area contributed by atoms with Crippen LogP contribution in [0.25, 0.3) is 0 Å². The average Bonchev–Trinajstić information content (AvgIpc) is 3.04. The van der Waals surface area contributed by atoms with Gasteiger partial charge in [0, 0.05) is 42.3 Å². The van der Waals surface area contributed by atoms with E-state index < -0.39 is 0 Å². The number of aromatic nitrogens is 1. The number of carbonyl (C=O) groups excluding carboxylic acids is 1. The molecule has 0 radical (unpaired) electrons. The highest BCUT2D eigenvalue weighted by Crippen LogP contribution is 2.22. The van der Waals surface area contributed by atoms with Crippen LogP contribution in [0.4, 0.5) is 0 Å². The van der Waals surface area contributed by atoms with Gasteiger partial charge in [0.15, 0.2) is 0 Å². The van der Waals surface area contributed by atoms with Crippen molar-refractivity contribution in [3.05, 3.63) is 22.4 Å². The molecule has 1 aromatic heterocycles. The second-order valence-electron chi connectivity index (χ2n) is 5.62. The van der Waals surface area contributed by atoms with Crippen molar-refractivity contribution in [3.8, 4) is 0 Å². The van der Waals surface area contributed by atoms with Crippen molar-refractivity contribution in [2.45, 2.75) is 33.2 Å². The van der Waals surface area contributed by atoms with E-state index in [1.165, 1.54) is 0 Å². The van der Waals surface area contributed by atoms with Gasteiger partial charge in [-0.3, -0.25) is 4.79 Å². The van der Waals surface area contributed by atoms with E-state index in [2.05, 4.69) is 29.8 Å². The van der Waals surface area contributed by atoms with Crippen LogP contribution in [-0.4, -0.2) is 41.7 Å². The molecular weight excluding hydrogens is 320 g/mol. The zero-order valence-electron chi connectivity index (χ0n) is 12.4. The third-order valence-corrected chi connectivity index (χ3v) is 4.20. The minimum Gasteiger partial charge on any atom is -0.381 e. The fourth-order valence-electron chi connectivity index (χ4n) is 2.60. The smallest absolute Gasteiger partial charge is 0.270 e. The second kappa shape index (κ2) is 6.76. The topological polar surface area (TPSA) is 34.5 Å². The highest BCUT2D eigenvalue weighted by atomic mass is 79.9. The molecule has 0 spiro atoms. The Morgan fingerprint density at radius 1 is 1.60 bits per heavy atom. The summed E-state index contributed by atoms with van der Waals surface area (Å²) in [4.78, 5) is 14.7. The largest absolute Gasteiger partial charge is 0.381 e. The molecule has 1 unspecified atom stereocenters. The van der Waals surface area contributed by atoms with Gasteiger partial charge in [-0.25, -0.2) is 0 Å². The molecule has 0 saturated carbocycles. The summed E-state index contributed by atoms with van der Waals surface area (Å²) >= 11 is 3.47. The minimum atomic E-state index is 0.110. The number of amides is 1. The Balaban J connectivity index is 2.15. The van der Waals surface area contributed by atoms with E-state index in [1.54, 1.807) is 0 Å². The number of rotatable bonds is 5. The molecule has 1 fully saturated rings. The Labute approximate surface area is 129 Å². The summed E-state index contributed by atoms with van der Waals surface area (Å²) in [7, 11) is 0. The summed E-state index contributed by atoms with van der Waals surface area (Å²) in [6.07, 6.45) is 3.03. The van der Waals surface area contributed by atoms with Gasteiger partial charge in [-0.05, 0) is 49.2 Å². The first kappa shape index (κ1) is 15.6.